The Morgan fingerprint density at radius 1 is 1.08 bits per heavy atom. The van der Waals surface area contributed by atoms with Crippen LogP contribution in [0.15, 0.2) is 54.6 Å². The lowest BCUT2D eigenvalue weighted by Gasteiger charge is -2.24. The highest BCUT2D eigenvalue weighted by Crippen LogP contribution is 2.25. The second-order valence-corrected chi connectivity index (χ2v) is 6.21. The summed E-state index contributed by atoms with van der Waals surface area (Å²) in [4.78, 5) is 23.1. The van der Waals surface area contributed by atoms with Gasteiger partial charge in [0.15, 0.2) is 6.61 Å². The summed E-state index contributed by atoms with van der Waals surface area (Å²) in [6, 6.07) is 16.5. The first kappa shape index (κ1) is 17.5. The van der Waals surface area contributed by atoms with Crippen molar-refractivity contribution < 1.29 is 19.4 Å². The topological polar surface area (TPSA) is 75.6 Å². The van der Waals surface area contributed by atoms with Crippen molar-refractivity contribution in [3.05, 3.63) is 60.2 Å². The third kappa shape index (κ3) is 5.12. The zero-order valence-corrected chi connectivity index (χ0v) is 13.8. The number of carboxylic acid groups (broad SMARTS) is 1. The maximum Gasteiger partial charge on any atom is 0.341 e. The SMILES string of the molecule is CC(C)(Cc1ccccc1)C(=O)Nc1cccc(OCC(=O)O)c1. The zero-order valence-electron chi connectivity index (χ0n) is 13.8. The van der Waals surface area contributed by atoms with Crippen LogP contribution in [-0.2, 0) is 16.0 Å². The summed E-state index contributed by atoms with van der Waals surface area (Å²) in [6.45, 7) is 3.36. The number of amides is 1. The minimum Gasteiger partial charge on any atom is -0.482 e. The summed E-state index contributed by atoms with van der Waals surface area (Å²) in [5.41, 5.74) is 1.08. The van der Waals surface area contributed by atoms with E-state index in [0.717, 1.165) is 5.56 Å². The van der Waals surface area contributed by atoms with Crippen LogP contribution in [0.5, 0.6) is 5.75 Å². The number of ether oxygens (including phenoxy) is 1. The van der Waals surface area contributed by atoms with Crippen molar-refractivity contribution in [2.24, 2.45) is 5.41 Å². The predicted molar refractivity (Wildman–Crippen MR) is 92.1 cm³/mol. The van der Waals surface area contributed by atoms with Crippen molar-refractivity contribution in [3.63, 3.8) is 0 Å². The van der Waals surface area contributed by atoms with Gasteiger partial charge in [-0.15, -0.1) is 0 Å². The molecule has 2 N–H and O–H groups in total. The van der Waals surface area contributed by atoms with Crippen LogP contribution in [0, 0.1) is 5.41 Å². The van der Waals surface area contributed by atoms with Gasteiger partial charge in [0, 0.05) is 17.2 Å². The molecule has 0 spiro atoms. The van der Waals surface area contributed by atoms with E-state index in [4.69, 9.17) is 9.84 Å². The number of nitrogens with one attached hydrogen (secondary N) is 1. The third-order valence-corrected chi connectivity index (χ3v) is 3.56. The second kappa shape index (κ2) is 7.64. The predicted octanol–water partition coefficient (Wildman–Crippen LogP) is 3.36. The smallest absolute Gasteiger partial charge is 0.341 e. The van der Waals surface area contributed by atoms with Crippen LogP contribution in [0.25, 0.3) is 0 Å². The minimum atomic E-state index is -1.05. The van der Waals surface area contributed by atoms with Gasteiger partial charge in [-0.2, -0.15) is 0 Å². The number of carboxylic acids is 1. The van der Waals surface area contributed by atoms with E-state index in [9.17, 15) is 9.59 Å². The third-order valence-electron chi connectivity index (χ3n) is 3.56. The number of hydrogen-bond donors (Lipinski definition) is 2. The first-order valence-electron chi connectivity index (χ1n) is 7.67. The molecule has 0 heterocycles. The maximum atomic E-state index is 12.6. The van der Waals surface area contributed by atoms with Crippen LogP contribution in [-0.4, -0.2) is 23.6 Å². The van der Waals surface area contributed by atoms with Crippen LogP contribution >= 0.6 is 0 Å². The van der Waals surface area contributed by atoms with Gasteiger partial charge in [-0.05, 0) is 24.1 Å². The van der Waals surface area contributed by atoms with Crippen molar-refractivity contribution in [3.8, 4) is 5.75 Å². The molecule has 0 bridgehead atoms. The number of benzene rings is 2. The molecule has 0 radical (unpaired) electrons. The van der Waals surface area contributed by atoms with E-state index in [-0.39, 0.29) is 5.91 Å². The molecule has 0 aliphatic heterocycles. The van der Waals surface area contributed by atoms with Gasteiger partial charge >= 0.3 is 5.97 Å². The van der Waals surface area contributed by atoms with E-state index >= 15 is 0 Å². The Morgan fingerprint density at radius 3 is 2.46 bits per heavy atom. The Labute approximate surface area is 141 Å². The molecule has 0 aliphatic rings. The van der Waals surface area contributed by atoms with E-state index in [1.54, 1.807) is 24.3 Å². The monoisotopic (exact) mass is 327 g/mol. The fourth-order valence-electron chi connectivity index (χ4n) is 2.30. The summed E-state index contributed by atoms with van der Waals surface area (Å²) >= 11 is 0. The van der Waals surface area contributed by atoms with Crippen LogP contribution < -0.4 is 10.1 Å². The number of carbonyl (C=O) groups excluding carboxylic acids is 1. The highest BCUT2D eigenvalue weighted by atomic mass is 16.5. The Kier molecular flexibility index (Phi) is 5.58. The number of carbonyl (C=O) groups is 2. The standard InChI is InChI=1S/C19H21NO4/c1-19(2,12-14-7-4-3-5-8-14)18(23)20-15-9-6-10-16(11-15)24-13-17(21)22/h3-11H,12-13H2,1-2H3,(H,20,23)(H,21,22). The van der Waals surface area contributed by atoms with E-state index in [0.29, 0.717) is 17.9 Å². The molecule has 5 nitrogen and oxygen atoms in total. The fourth-order valence-corrected chi connectivity index (χ4v) is 2.30. The normalized spacial score (nSPS) is 10.9. The van der Waals surface area contributed by atoms with E-state index in [1.807, 2.05) is 44.2 Å². The van der Waals surface area contributed by atoms with Crippen LogP contribution in [0.4, 0.5) is 5.69 Å². The number of hydrogen-bond acceptors (Lipinski definition) is 3. The van der Waals surface area contributed by atoms with Gasteiger partial charge in [-0.25, -0.2) is 4.79 Å². The molecule has 2 rings (SSSR count). The average Bonchev–Trinajstić information content (AvgIpc) is 2.54. The van der Waals surface area contributed by atoms with Gasteiger partial charge in [0.1, 0.15) is 5.75 Å². The Morgan fingerprint density at radius 2 is 1.79 bits per heavy atom. The highest BCUT2D eigenvalue weighted by molar-refractivity contribution is 5.95. The largest absolute Gasteiger partial charge is 0.482 e. The molecule has 2 aromatic carbocycles. The summed E-state index contributed by atoms with van der Waals surface area (Å²) in [5.74, 6) is -0.758. The number of anilines is 1. The first-order chi connectivity index (χ1) is 11.4. The summed E-state index contributed by atoms with van der Waals surface area (Å²) < 4.78 is 5.12. The first-order valence-corrected chi connectivity index (χ1v) is 7.67. The van der Waals surface area contributed by atoms with Gasteiger partial charge in [-0.3, -0.25) is 4.79 Å². The average molecular weight is 327 g/mol. The number of rotatable bonds is 7. The molecule has 0 saturated carbocycles. The van der Waals surface area contributed by atoms with E-state index in [2.05, 4.69) is 5.32 Å². The van der Waals surface area contributed by atoms with Crippen LogP contribution in [0.1, 0.15) is 19.4 Å². The zero-order chi connectivity index (χ0) is 17.6. The number of aliphatic carboxylic acids is 1. The van der Waals surface area contributed by atoms with Gasteiger partial charge < -0.3 is 15.2 Å². The minimum absolute atomic E-state index is 0.110. The van der Waals surface area contributed by atoms with Gasteiger partial charge in [0.25, 0.3) is 0 Å². The quantitative estimate of drug-likeness (QED) is 0.817. The summed E-state index contributed by atoms with van der Waals surface area (Å²) in [5, 5.41) is 11.5. The van der Waals surface area contributed by atoms with Gasteiger partial charge in [0.05, 0.1) is 0 Å². The van der Waals surface area contributed by atoms with Crippen molar-refractivity contribution in [2.75, 3.05) is 11.9 Å². The van der Waals surface area contributed by atoms with Gasteiger partial charge in [-0.1, -0.05) is 50.2 Å². The molecule has 0 aromatic heterocycles. The van der Waals surface area contributed by atoms with Gasteiger partial charge in [0.2, 0.25) is 5.91 Å². The fraction of sp³-hybridized carbons (Fsp3) is 0.263. The molecule has 0 aliphatic carbocycles. The molecule has 2 aromatic rings. The van der Waals surface area contributed by atoms with E-state index < -0.39 is 18.0 Å². The molecule has 5 heteroatoms. The van der Waals surface area contributed by atoms with Crippen molar-refractivity contribution in [1.82, 2.24) is 0 Å². The molecular weight excluding hydrogens is 306 g/mol. The van der Waals surface area contributed by atoms with Crippen molar-refractivity contribution in [2.45, 2.75) is 20.3 Å². The lowest BCUT2D eigenvalue weighted by atomic mass is 9.84. The highest BCUT2D eigenvalue weighted by Gasteiger charge is 2.28. The molecule has 0 atom stereocenters. The lowest BCUT2D eigenvalue weighted by molar-refractivity contribution is -0.139. The molecule has 0 unspecified atom stereocenters. The van der Waals surface area contributed by atoms with E-state index in [1.165, 1.54) is 0 Å². The summed E-state index contributed by atoms with van der Waals surface area (Å²) in [7, 11) is 0. The Hall–Kier alpha value is -2.82. The van der Waals surface area contributed by atoms with Crippen molar-refractivity contribution >= 4 is 17.6 Å². The molecule has 0 saturated heterocycles. The molecule has 24 heavy (non-hydrogen) atoms. The lowest BCUT2D eigenvalue weighted by Crippen LogP contribution is -2.32. The van der Waals surface area contributed by atoms with Crippen LogP contribution in [0.2, 0.25) is 0 Å². The summed E-state index contributed by atoms with van der Waals surface area (Å²) in [6.07, 6.45) is 0.620. The second-order valence-electron chi connectivity index (χ2n) is 6.21. The molecular formula is C19H21NO4. The van der Waals surface area contributed by atoms with Crippen LogP contribution in [0.3, 0.4) is 0 Å². The Balaban J connectivity index is 2.02. The molecule has 126 valence electrons. The van der Waals surface area contributed by atoms with Crippen molar-refractivity contribution in [1.29, 1.82) is 0 Å². The Bertz CT molecular complexity index is 710. The molecule has 1 amide bonds. The molecule has 0 fully saturated rings. The maximum absolute atomic E-state index is 12.6.